The molecule has 112 valence electrons. The minimum absolute atomic E-state index is 0.283. The fraction of sp³-hybridized carbons (Fsp3) is 0.846. The Bertz CT molecular complexity index is 272. The first-order valence-electron chi connectivity index (χ1n) is 6.80. The van der Waals surface area contributed by atoms with Crippen LogP contribution in [0, 0.1) is 0 Å². The molecule has 0 saturated heterocycles. The Labute approximate surface area is 115 Å². The van der Waals surface area contributed by atoms with Gasteiger partial charge in [-0.05, 0) is 26.8 Å². The van der Waals surface area contributed by atoms with Crippen LogP contribution >= 0.6 is 0 Å². The van der Waals surface area contributed by atoms with E-state index in [0.717, 1.165) is 25.8 Å². The number of likely N-dealkylation sites (N-methyl/N-ethyl adjacent to an activating group) is 1. The molecular weight excluding hydrogens is 246 g/mol. The number of imide groups is 1. The lowest BCUT2D eigenvalue weighted by Crippen LogP contribution is -2.49. The van der Waals surface area contributed by atoms with Crippen LogP contribution in [0.1, 0.15) is 33.1 Å². The van der Waals surface area contributed by atoms with Crippen LogP contribution < -0.4 is 10.6 Å². The van der Waals surface area contributed by atoms with E-state index in [1.165, 1.54) is 0 Å². The summed E-state index contributed by atoms with van der Waals surface area (Å²) in [7, 11) is 3.51. The minimum atomic E-state index is -0.421. The molecular formula is C13H27N3O3. The summed E-state index contributed by atoms with van der Waals surface area (Å²) in [4.78, 5) is 25.1. The standard InChI is InChI=1S/C13H27N3O3/c1-5-6-8-14-13(18)15-12(17)11(2)16(3)9-7-10-19-4/h11H,5-10H2,1-4H3,(H2,14,15,17,18). The number of methoxy groups -OCH3 is 1. The quantitative estimate of drug-likeness (QED) is 0.614. The van der Waals surface area contributed by atoms with Crippen molar-refractivity contribution in [3.05, 3.63) is 0 Å². The molecule has 0 aromatic carbocycles. The summed E-state index contributed by atoms with van der Waals surface area (Å²) in [6, 6.07) is -0.760. The minimum Gasteiger partial charge on any atom is -0.385 e. The predicted molar refractivity (Wildman–Crippen MR) is 75.0 cm³/mol. The number of nitrogens with zero attached hydrogens (tertiary/aromatic N) is 1. The summed E-state index contributed by atoms with van der Waals surface area (Å²) in [6.07, 6.45) is 2.77. The van der Waals surface area contributed by atoms with E-state index in [4.69, 9.17) is 4.74 Å². The highest BCUT2D eigenvalue weighted by molar-refractivity contribution is 5.96. The van der Waals surface area contributed by atoms with Crippen LogP contribution in [0.5, 0.6) is 0 Å². The molecule has 1 unspecified atom stereocenters. The van der Waals surface area contributed by atoms with Gasteiger partial charge in [0.25, 0.3) is 0 Å². The molecule has 0 fully saturated rings. The van der Waals surface area contributed by atoms with Gasteiger partial charge in [0.05, 0.1) is 6.04 Å². The van der Waals surface area contributed by atoms with Crippen molar-refractivity contribution in [2.45, 2.75) is 39.2 Å². The van der Waals surface area contributed by atoms with E-state index in [1.807, 2.05) is 18.9 Å². The van der Waals surface area contributed by atoms with Gasteiger partial charge in [0.15, 0.2) is 0 Å². The zero-order valence-electron chi connectivity index (χ0n) is 12.5. The van der Waals surface area contributed by atoms with Gasteiger partial charge in [0.2, 0.25) is 5.91 Å². The van der Waals surface area contributed by atoms with Crippen molar-refractivity contribution in [2.24, 2.45) is 0 Å². The highest BCUT2D eigenvalue weighted by Crippen LogP contribution is 1.97. The summed E-state index contributed by atoms with van der Waals surface area (Å²) in [6.45, 7) is 5.83. The first-order chi connectivity index (χ1) is 9.02. The van der Waals surface area contributed by atoms with Crippen molar-refractivity contribution in [3.63, 3.8) is 0 Å². The van der Waals surface area contributed by atoms with Crippen LogP contribution in [0.25, 0.3) is 0 Å². The van der Waals surface area contributed by atoms with Gasteiger partial charge >= 0.3 is 6.03 Å². The number of ether oxygens (including phenoxy) is 1. The maximum Gasteiger partial charge on any atom is 0.321 e. The number of rotatable bonds is 9. The number of nitrogens with one attached hydrogen (secondary N) is 2. The highest BCUT2D eigenvalue weighted by atomic mass is 16.5. The Morgan fingerprint density at radius 3 is 2.58 bits per heavy atom. The molecule has 6 heteroatoms. The van der Waals surface area contributed by atoms with Gasteiger partial charge in [0, 0.05) is 26.8 Å². The Hall–Kier alpha value is -1.14. The highest BCUT2D eigenvalue weighted by Gasteiger charge is 2.19. The lowest BCUT2D eigenvalue weighted by Gasteiger charge is -2.23. The van der Waals surface area contributed by atoms with Gasteiger partial charge in [-0.2, -0.15) is 0 Å². The van der Waals surface area contributed by atoms with Crippen LogP contribution in [-0.4, -0.2) is 56.7 Å². The van der Waals surface area contributed by atoms with Crippen molar-refractivity contribution in [2.75, 3.05) is 33.9 Å². The molecule has 0 aliphatic carbocycles. The van der Waals surface area contributed by atoms with E-state index < -0.39 is 6.03 Å². The van der Waals surface area contributed by atoms with Gasteiger partial charge in [-0.1, -0.05) is 13.3 Å². The number of hydrogen-bond donors (Lipinski definition) is 2. The van der Waals surface area contributed by atoms with Crippen LogP contribution in [0.3, 0.4) is 0 Å². The third-order valence-electron chi connectivity index (χ3n) is 2.95. The molecule has 19 heavy (non-hydrogen) atoms. The molecule has 6 nitrogen and oxygen atoms in total. The fourth-order valence-electron chi connectivity index (χ4n) is 1.49. The van der Waals surface area contributed by atoms with Crippen LogP contribution in [-0.2, 0) is 9.53 Å². The third kappa shape index (κ3) is 8.56. The average molecular weight is 273 g/mol. The Morgan fingerprint density at radius 2 is 2.00 bits per heavy atom. The van der Waals surface area contributed by atoms with E-state index >= 15 is 0 Å². The number of hydrogen-bond acceptors (Lipinski definition) is 4. The molecule has 0 radical (unpaired) electrons. The zero-order valence-corrected chi connectivity index (χ0v) is 12.5. The van der Waals surface area contributed by atoms with Crippen molar-refractivity contribution in [3.8, 4) is 0 Å². The zero-order chi connectivity index (χ0) is 14.7. The van der Waals surface area contributed by atoms with Crippen LogP contribution in [0.15, 0.2) is 0 Å². The normalized spacial score (nSPS) is 12.3. The molecule has 0 heterocycles. The predicted octanol–water partition coefficient (Wildman–Crippen LogP) is 0.969. The molecule has 0 rings (SSSR count). The van der Waals surface area contributed by atoms with Crippen molar-refractivity contribution in [1.29, 1.82) is 0 Å². The Kier molecular flexibility index (Phi) is 10.1. The van der Waals surface area contributed by atoms with Gasteiger partial charge in [-0.3, -0.25) is 15.0 Å². The molecule has 0 bridgehead atoms. The van der Waals surface area contributed by atoms with Crippen molar-refractivity contribution in [1.82, 2.24) is 15.5 Å². The number of amides is 3. The second-order valence-electron chi connectivity index (χ2n) is 4.60. The molecule has 0 aromatic rings. The first kappa shape index (κ1) is 17.9. The van der Waals surface area contributed by atoms with Gasteiger partial charge in [0.1, 0.15) is 0 Å². The number of urea groups is 1. The van der Waals surface area contributed by atoms with Gasteiger partial charge in [-0.15, -0.1) is 0 Å². The number of unbranched alkanes of at least 4 members (excludes halogenated alkanes) is 1. The van der Waals surface area contributed by atoms with Gasteiger partial charge < -0.3 is 10.1 Å². The lowest BCUT2D eigenvalue weighted by molar-refractivity contribution is -0.124. The van der Waals surface area contributed by atoms with E-state index in [2.05, 4.69) is 10.6 Å². The summed E-state index contributed by atoms with van der Waals surface area (Å²) in [5, 5.41) is 5.00. The number of carbonyl (C=O) groups is 2. The topological polar surface area (TPSA) is 70.7 Å². The summed E-state index contributed by atoms with van der Waals surface area (Å²) in [5.74, 6) is -0.283. The SMILES string of the molecule is CCCCNC(=O)NC(=O)C(C)N(C)CCCOC. The first-order valence-corrected chi connectivity index (χ1v) is 6.80. The molecule has 0 saturated carbocycles. The molecule has 0 spiro atoms. The van der Waals surface area contributed by atoms with Crippen LogP contribution in [0.4, 0.5) is 4.79 Å². The smallest absolute Gasteiger partial charge is 0.321 e. The molecule has 1 atom stereocenters. The molecule has 3 amide bonds. The summed E-state index contributed by atoms with van der Waals surface area (Å²) >= 11 is 0. The van der Waals surface area contributed by atoms with E-state index in [1.54, 1.807) is 14.0 Å². The maximum atomic E-state index is 11.8. The summed E-state index contributed by atoms with van der Waals surface area (Å²) < 4.78 is 4.96. The monoisotopic (exact) mass is 273 g/mol. The second kappa shape index (κ2) is 10.8. The Morgan fingerprint density at radius 1 is 1.32 bits per heavy atom. The van der Waals surface area contributed by atoms with Gasteiger partial charge in [-0.25, -0.2) is 4.79 Å². The number of carbonyl (C=O) groups excluding carboxylic acids is 2. The molecule has 2 N–H and O–H groups in total. The van der Waals surface area contributed by atoms with Crippen LogP contribution in [0.2, 0.25) is 0 Å². The van der Waals surface area contributed by atoms with Crippen molar-refractivity contribution < 1.29 is 14.3 Å². The second-order valence-corrected chi connectivity index (χ2v) is 4.60. The fourth-order valence-corrected chi connectivity index (χ4v) is 1.49. The van der Waals surface area contributed by atoms with E-state index in [9.17, 15) is 9.59 Å². The van der Waals surface area contributed by atoms with E-state index in [0.29, 0.717) is 13.2 Å². The third-order valence-corrected chi connectivity index (χ3v) is 2.95. The molecule has 0 aliphatic rings. The van der Waals surface area contributed by atoms with E-state index in [-0.39, 0.29) is 11.9 Å². The lowest BCUT2D eigenvalue weighted by atomic mass is 10.2. The van der Waals surface area contributed by atoms with Crippen molar-refractivity contribution >= 4 is 11.9 Å². The molecule has 0 aliphatic heterocycles. The average Bonchev–Trinajstić information content (AvgIpc) is 2.38. The Balaban J connectivity index is 3.93. The maximum absolute atomic E-state index is 11.8. The molecule has 0 aromatic heterocycles. The summed E-state index contributed by atoms with van der Waals surface area (Å²) in [5.41, 5.74) is 0. The largest absolute Gasteiger partial charge is 0.385 e.